The Balaban J connectivity index is 1.92. The Hall–Kier alpha value is -1.98. The number of aliphatic hydroxyl groups is 1. The minimum Gasteiger partial charge on any atom is -0.495 e. The smallest absolute Gasteiger partial charge is 0.213 e. The topological polar surface area (TPSA) is 63.6 Å². The summed E-state index contributed by atoms with van der Waals surface area (Å²) in [4.78, 5) is 4.13. The van der Waals surface area contributed by atoms with Gasteiger partial charge in [0.25, 0.3) is 0 Å². The van der Waals surface area contributed by atoms with Gasteiger partial charge in [-0.15, -0.1) is 0 Å². The lowest BCUT2D eigenvalue weighted by molar-refractivity contribution is 0.196. The van der Waals surface area contributed by atoms with Crippen LogP contribution in [0.5, 0.6) is 11.6 Å². The van der Waals surface area contributed by atoms with E-state index >= 15 is 0 Å². The molecule has 112 valence electrons. The van der Waals surface area contributed by atoms with Gasteiger partial charge in [0.15, 0.2) is 0 Å². The van der Waals surface area contributed by atoms with Crippen molar-refractivity contribution >= 4 is 17.3 Å². The number of ether oxygens (including phenoxy) is 2. The summed E-state index contributed by atoms with van der Waals surface area (Å²) in [5, 5.41) is 12.5. The fourth-order valence-electron chi connectivity index (χ4n) is 1.74. The SMILES string of the molecule is COc1ccc(CNc2ccc(OCCO)nc2)cc1Cl. The summed E-state index contributed by atoms with van der Waals surface area (Å²) in [6, 6.07) is 9.26. The molecule has 2 aromatic rings. The predicted octanol–water partition coefficient (Wildman–Crippen LogP) is 2.73. The van der Waals surface area contributed by atoms with Gasteiger partial charge in [0, 0.05) is 12.6 Å². The van der Waals surface area contributed by atoms with Gasteiger partial charge in [0.05, 0.1) is 30.6 Å². The van der Waals surface area contributed by atoms with Crippen LogP contribution < -0.4 is 14.8 Å². The van der Waals surface area contributed by atoms with Crippen molar-refractivity contribution in [2.24, 2.45) is 0 Å². The minimum absolute atomic E-state index is 0.0279. The number of nitrogens with zero attached hydrogens (tertiary/aromatic N) is 1. The van der Waals surface area contributed by atoms with Gasteiger partial charge in [-0.2, -0.15) is 0 Å². The van der Waals surface area contributed by atoms with Crippen molar-refractivity contribution in [2.75, 3.05) is 25.6 Å². The lowest BCUT2D eigenvalue weighted by Crippen LogP contribution is -2.04. The molecule has 0 fully saturated rings. The van der Waals surface area contributed by atoms with Gasteiger partial charge in [0.1, 0.15) is 12.4 Å². The summed E-state index contributed by atoms with van der Waals surface area (Å²) in [6.07, 6.45) is 1.68. The first kappa shape index (κ1) is 15.4. The average Bonchev–Trinajstić information content (AvgIpc) is 2.52. The molecule has 2 rings (SSSR count). The Morgan fingerprint density at radius 2 is 2.14 bits per heavy atom. The van der Waals surface area contributed by atoms with Gasteiger partial charge in [-0.1, -0.05) is 17.7 Å². The maximum atomic E-state index is 8.67. The molecule has 0 saturated carbocycles. The summed E-state index contributed by atoms with van der Waals surface area (Å²) >= 11 is 6.08. The van der Waals surface area contributed by atoms with Crippen molar-refractivity contribution in [1.29, 1.82) is 0 Å². The Morgan fingerprint density at radius 1 is 1.29 bits per heavy atom. The summed E-state index contributed by atoms with van der Waals surface area (Å²) in [7, 11) is 1.59. The molecule has 0 amide bonds. The predicted molar refractivity (Wildman–Crippen MR) is 82.1 cm³/mol. The highest BCUT2D eigenvalue weighted by Gasteiger charge is 2.02. The highest BCUT2D eigenvalue weighted by molar-refractivity contribution is 6.32. The van der Waals surface area contributed by atoms with Gasteiger partial charge in [0.2, 0.25) is 5.88 Å². The van der Waals surface area contributed by atoms with Gasteiger partial charge in [-0.3, -0.25) is 0 Å². The van der Waals surface area contributed by atoms with Crippen molar-refractivity contribution in [1.82, 2.24) is 4.98 Å². The number of aromatic nitrogens is 1. The Bertz CT molecular complexity index is 576. The van der Waals surface area contributed by atoms with Crippen molar-refractivity contribution in [3.63, 3.8) is 0 Å². The van der Waals surface area contributed by atoms with E-state index in [9.17, 15) is 0 Å². The number of rotatable bonds is 7. The Labute approximate surface area is 128 Å². The minimum atomic E-state index is -0.0279. The van der Waals surface area contributed by atoms with Crippen LogP contribution in [-0.2, 0) is 6.54 Å². The van der Waals surface area contributed by atoms with Crippen LogP contribution in [0.15, 0.2) is 36.5 Å². The van der Waals surface area contributed by atoms with Crippen LogP contribution in [-0.4, -0.2) is 30.4 Å². The quantitative estimate of drug-likeness (QED) is 0.823. The van der Waals surface area contributed by atoms with E-state index in [1.54, 1.807) is 19.4 Å². The molecular weight excluding hydrogens is 292 g/mol. The van der Waals surface area contributed by atoms with E-state index in [2.05, 4.69) is 10.3 Å². The van der Waals surface area contributed by atoms with Gasteiger partial charge < -0.3 is 19.9 Å². The first-order valence-corrected chi connectivity index (χ1v) is 6.86. The molecule has 1 heterocycles. The van der Waals surface area contributed by atoms with Crippen molar-refractivity contribution in [2.45, 2.75) is 6.54 Å². The number of hydrogen-bond acceptors (Lipinski definition) is 5. The third-order valence-corrected chi connectivity index (χ3v) is 3.09. The molecule has 0 spiro atoms. The van der Waals surface area contributed by atoms with Crippen LogP contribution >= 0.6 is 11.6 Å². The highest BCUT2D eigenvalue weighted by atomic mass is 35.5. The van der Waals surface area contributed by atoms with Crippen molar-refractivity contribution < 1.29 is 14.6 Å². The molecule has 21 heavy (non-hydrogen) atoms. The largest absolute Gasteiger partial charge is 0.495 e. The lowest BCUT2D eigenvalue weighted by atomic mass is 10.2. The van der Waals surface area contributed by atoms with Crippen molar-refractivity contribution in [3.05, 3.63) is 47.1 Å². The van der Waals surface area contributed by atoms with E-state index < -0.39 is 0 Å². The van der Waals surface area contributed by atoms with E-state index in [-0.39, 0.29) is 13.2 Å². The number of anilines is 1. The second-order valence-electron chi connectivity index (χ2n) is 4.28. The van der Waals surface area contributed by atoms with Gasteiger partial charge >= 0.3 is 0 Å². The number of nitrogens with one attached hydrogen (secondary N) is 1. The zero-order chi connectivity index (χ0) is 15.1. The molecule has 0 atom stereocenters. The molecule has 1 aromatic heterocycles. The number of aliphatic hydroxyl groups excluding tert-OH is 1. The summed E-state index contributed by atoms with van der Waals surface area (Å²) in [6.45, 7) is 0.840. The zero-order valence-electron chi connectivity index (χ0n) is 11.7. The van der Waals surface area contributed by atoms with E-state index in [1.807, 2.05) is 24.3 Å². The third kappa shape index (κ3) is 4.51. The van der Waals surface area contributed by atoms with Gasteiger partial charge in [-0.25, -0.2) is 4.98 Å². The van der Waals surface area contributed by atoms with Crippen molar-refractivity contribution in [3.8, 4) is 11.6 Å². The van der Waals surface area contributed by atoms with Crippen LogP contribution in [0.4, 0.5) is 5.69 Å². The first-order valence-electron chi connectivity index (χ1n) is 6.49. The molecule has 0 aliphatic heterocycles. The molecule has 0 radical (unpaired) electrons. The number of halogens is 1. The molecule has 0 aliphatic rings. The summed E-state index contributed by atoms with van der Waals surface area (Å²) in [5.41, 5.74) is 1.92. The second kappa shape index (κ2) is 7.71. The van der Waals surface area contributed by atoms with E-state index in [1.165, 1.54) is 0 Å². The normalized spacial score (nSPS) is 10.2. The maximum absolute atomic E-state index is 8.67. The first-order chi connectivity index (χ1) is 10.2. The van der Waals surface area contributed by atoms with Crippen LogP contribution in [0.3, 0.4) is 0 Å². The molecule has 0 aliphatic carbocycles. The molecule has 6 heteroatoms. The monoisotopic (exact) mass is 308 g/mol. The molecule has 0 saturated heterocycles. The molecule has 0 unspecified atom stereocenters. The second-order valence-corrected chi connectivity index (χ2v) is 4.69. The summed E-state index contributed by atoms with van der Waals surface area (Å²) in [5.74, 6) is 1.15. The van der Waals surface area contributed by atoms with E-state index in [0.29, 0.717) is 23.2 Å². The fraction of sp³-hybridized carbons (Fsp3) is 0.267. The molecule has 0 bridgehead atoms. The molecule has 5 nitrogen and oxygen atoms in total. The standard InChI is InChI=1S/C15H17ClN2O3/c1-20-14-4-2-11(8-13(14)16)9-17-12-3-5-15(18-10-12)21-7-6-19/h2-5,8,10,17,19H,6-7,9H2,1H3. The number of pyridine rings is 1. The number of benzene rings is 1. The number of hydrogen-bond donors (Lipinski definition) is 2. The van der Waals surface area contributed by atoms with E-state index in [0.717, 1.165) is 11.3 Å². The van der Waals surface area contributed by atoms with Crippen LogP contribution in [0.25, 0.3) is 0 Å². The third-order valence-electron chi connectivity index (χ3n) is 2.79. The van der Waals surface area contributed by atoms with Crippen LogP contribution in [0.1, 0.15) is 5.56 Å². The maximum Gasteiger partial charge on any atom is 0.213 e. The molecule has 2 N–H and O–H groups in total. The van der Waals surface area contributed by atoms with Crippen LogP contribution in [0, 0.1) is 0 Å². The lowest BCUT2D eigenvalue weighted by Gasteiger charge is -2.09. The fourth-order valence-corrected chi connectivity index (χ4v) is 2.02. The zero-order valence-corrected chi connectivity index (χ0v) is 12.4. The van der Waals surface area contributed by atoms with Gasteiger partial charge in [-0.05, 0) is 23.8 Å². The molecular formula is C15H17ClN2O3. The highest BCUT2D eigenvalue weighted by Crippen LogP contribution is 2.25. The number of methoxy groups -OCH3 is 1. The Morgan fingerprint density at radius 3 is 2.76 bits per heavy atom. The molecule has 1 aromatic carbocycles. The average molecular weight is 309 g/mol. The summed E-state index contributed by atoms with van der Waals surface area (Å²) < 4.78 is 10.3. The van der Waals surface area contributed by atoms with Crippen LogP contribution in [0.2, 0.25) is 5.02 Å². The van der Waals surface area contributed by atoms with E-state index in [4.69, 9.17) is 26.2 Å². The Kier molecular flexibility index (Phi) is 5.66.